The molecule has 1 rings (SSSR count). The van der Waals surface area contributed by atoms with Crippen LogP contribution in [0.1, 0.15) is 12.0 Å². The standard InChI is InChI=1S/C13H13ClN2O4/c14-9-4-1-8(2-5-9)3-6-12(18)16-10(13(19)20)7-11(15)17/h1-6,10H,7H2,(H2,15,17)(H,16,18)(H,19,20)/b6-3+. The van der Waals surface area contributed by atoms with Crippen molar-refractivity contribution >= 4 is 35.5 Å². The zero-order valence-electron chi connectivity index (χ0n) is 10.4. The van der Waals surface area contributed by atoms with Gasteiger partial charge in [-0.1, -0.05) is 23.7 Å². The molecule has 0 bridgehead atoms. The summed E-state index contributed by atoms with van der Waals surface area (Å²) in [6.45, 7) is 0. The van der Waals surface area contributed by atoms with Gasteiger partial charge in [0.05, 0.1) is 6.42 Å². The van der Waals surface area contributed by atoms with Crippen molar-refractivity contribution in [3.8, 4) is 0 Å². The number of nitrogens with one attached hydrogen (secondary N) is 1. The van der Waals surface area contributed by atoms with Gasteiger partial charge in [0, 0.05) is 11.1 Å². The number of benzene rings is 1. The zero-order valence-corrected chi connectivity index (χ0v) is 11.1. The van der Waals surface area contributed by atoms with E-state index >= 15 is 0 Å². The molecule has 0 saturated heterocycles. The van der Waals surface area contributed by atoms with Crippen molar-refractivity contribution < 1.29 is 19.5 Å². The molecule has 106 valence electrons. The van der Waals surface area contributed by atoms with E-state index in [0.717, 1.165) is 5.56 Å². The molecule has 1 aromatic carbocycles. The summed E-state index contributed by atoms with van der Waals surface area (Å²) >= 11 is 5.71. The predicted octanol–water partition coefficient (Wildman–Crippen LogP) is 0.798. The maximum atomic E-state index is 11.5. The van der Waals surface area contributed by atoms with E-state index in [4.69, 9.17) is 22.4 Å². The van der Waals surface area contributed by atoms with E-state index in [1.165, 1.54) is 12.2 Å². The first-order chi connectivity index (χ1) is 9.38. The van der Waals surface area contributed by atoms with Gasteiger partial charge in [0.25, 0.3) is 0 Å². The van der Waals surface area contributed by atoms with Gasteiger partial charge in [-0.05, 0) is 23.8 Å². The molecule has 1 aromatic rings. The van der Waals surface area contributed by atoms with Crippen LogP contribution in [0.15, 0.2) is 30.3 Å². The third kappa shape index (κ3) is 5.53. The molecule has 7 heteroatoms. The van der Waals surface area contributed by atoms with Crippen LogP contribution in [0, 0.1) is 0 Å². The number of primary amides is 1. The lowest BCUT2D eigenvalue weighted by Crippen LogP contribution is -2.42. The highest BCUT2D eigenvalue weighted by atomic mass is 35.5. The van der Waals surface area contributed by atoms with Crippen molar-refractivity contribution in [2.45, 2.75) is 12.5 Å². The summed E-state index contributed by atoms with van der Waals surface area (Å²) < 4.78 is 0. The van der Waals surface area contributed by atoms with Gasteiger partial charge in [-0.3, -0.25) is 9.59 Å². The van der Waals surface area contributed by atoms with Crippen LogP contribution in [0.2, 0.25) is 5.02 Å². The minimum atomic E-state index is -1.34. The summed E-state index contributed by atoms with van der Waals surface area (Å²) in [6, 6.07) is 5.38. The Morgan fingerprint density at radius 3 is 2.40 bits per heavy atom. The van der Waals surface area contributed by atoms with Crippen molar-refractivity contribution in [3.05, 3.63) is 40.9 Å². The third-order valence-corrected chi connectivity index (χ3v) is 2.57. The smallest absolute Gasteiger partial charge is 0.326 e. The number of nitrogens with two attached hydrogens (primary N) is 1. The molecule has 0 aromatic heterocycles. The largest absolute Gasteiger partial charge is 0.480 e. The van der Waals surface area contributed by atoms with Gasteiger partial charge in [-0.2, -0.15) is 0 Å². The number of carbonyl (C=O) groups is 3. The van der Waals surface area contributed by atoms with E-state index in [1.807, 2.05) is 0 Å². The second-order valence-corrected chi connectivity index (χ2v) is 4.39. The quantitative estimate of drug-likeness (QED) is 0.674. The Hall–Kier alpha value is -2.34. The summed E-state index contributed by atoms with van der Waals surface area (Å²) in [5.41, 5.74) is 5.63. The second-order valence-electron chi connectivity index (χ2n) is 3.95. The molecule has 0 aliphatic heterocycles. The first kappa shape index (κ1) is 15.7. The number of hydrogen-bond acceptors (Lipinski definition) is 3. The Kier molecular flexibility index (Phi) is 5.74. The minimum absolute atomic E-state index is 0.462. The molecule has 0 fully saturated rings. The number of rotatable bonds is 6. The molecule has 0 spiro atoms. The van der Waals surface area contributed by atoms with E-state index in [1.54, 1.807) is 24.3 Å². The van der Waals surface area contributed by atoms with Gasteiger partial charge >= 0.3 is 5.97 Å². The molecule has 1 atom stereocenters. The van der Waals surface area contributed by atoms with Gasteiger partial charge in [0.15, 0.2) is 0 Å². The van der Waals surface area contributed by atoms with Gasteiger partial charge in [0.2, 0.25) is 11.8 Å². The lowest BCUT2D eigenvalue weighted by molar-refractivity contribution is -0.142. The maximum Gasteiger partial charge on any atom is 0.326 e. The molecule has 0 saturated carbocycles. The zero-order chi connectivity index (χ0) is 15.1. The third-order valence-electron chi connectivity index (χ3n) is 2.32. The number of halogens is 1. The normalized spacial score (nSPS) is 12.1. The van der Waals surface area contributed by atoms with E-state index in [2.05, 4.69) is 5.32 Å². The topological polar surface area (TPSA) is 109 Å². The van der Waals surface area contributed by atoms with Crippen molar-refractivity contribution in [1.82, 2.24) is 5.32 Å². The molecule has 0 radical (unpaired) electrons. The van der Waals surface area contributed by atoms with E-state index < -0.39 is 30.2 Å². The van der Waals surface area contributed by atoms with Crippen molar-refractivity contribution in [2.75, 3.05) is 0 Å². The molecule has 20 heavy (non-hydrogen) atoms. The maximum absolute atomic E-state index is 11.5. The number of amides is 2. The molecular formula is C13H13ClN2O4. The summed E-state index contributed by atoms with van der Waals surface area (Å²) in [5, 5.41) is 11.6. The minimum Gasteiger partial charge on any atom is -0.480 e. The van der Waals surface area contributed by atoms with Crippen molar-refractivity contribution in [3.63, 3.8) is 0 Å². The first-order valence-electron chi connectivity index (χ1n) is 5.63. The lowest BCUT2D eigenvalue weighted by Gasteiger charge is -2.10. The Balaban J connectivity index is 2.63. The van der Waals surface area contributed by atoms with Crippen LogP contribution in [-0.4, -0.2) is 28.9 Å². The van der Waals surface area contributed by atoms with Gasteiger partial charge in [0.1, 0.15) is 6.04 Å². The highest BCUT2D eigenvalue weighted by Crippen LogP contribution is 2.10. The molecule has 4 N–H and O–H groups in total. The Morgan fingerprint density at radius 2 is 1.90 bits per heavy atom. The average molecular weight is 297 g/mol. The number of carboxylic acids is 1. The van der Waals surface area contributed by atoms with Crippen LogP contribution in [0.5, 0.6) is 0 Å². The molecule has 1 unspecified atom stereocenters. The molecule has 2 amide bonds. The van der Waals surface area contributed by atoms with Crippen LogP contribution in [0.25, 0.3) is 6.08 Å². The summed E-state index contributed by atoms with van der Waals surface area (Å²) in [7, 11) is 0. The molecule has 0 heterocycles. The highest BCUT2D eigenvalue weighted by molar-refractivity contribution is 6.30. The fraction of sp³-hybridized carbons (Fsp3) is 0.154. The van der Waals surface area contributed by atoms with E-state index in [-0.39, 0.29) is 0 Å². The van der Waals surface area contributed by atoms with Gasteiger partial charge < -0.3 is 16.2 Å². The van der Waals surface area contributed by atoms with Crippen LogP contribution >= 0.6 is 11.6 Å². The van der Waals surface area contributed by atoms with Crippen LogP contribution in [0.3, 0.4) is 0 Å². The Morgan fingerprint density at radius 1 is 1.30 bits per heavy atom. The second kappa shape index (κ2) is 7.30. The summed E-state index contributed by atoms with van der Waals surface area (Å²) in [4.78, 5) is 33.0. The lowest BCUT2D eigenvalue weighted by atomic mass is 10.2. The Labute approximate surface area is 120 Å². The van der Waals surface area contributed by atoms with Crippen LogP contribution < -0.4 is 11.1 Å². The first-order valence-corrected chi connectivity index (χ1v) is 6.01. The SMILES string of the molecule is NC(=O)CC(NC(=O)/C=C/c1ccc(Cl)cc1)C(=O)O. The highest BCUT2D eigenvalue weighted by Gasteiger charge is 2.20. The average Bonchev–Trinajstić information content (AvgIpc) is 2.36. The summed E-state index contributed by atoms with van der Waals surface area (Å²) in [6.07, 6.45) is 2.20. The van der Waals surface area contributed by atoms with E-state index in [9.17, 15) is 14.4 Å². The fourth-order valence-electron chi connectivity index (χ4n) is 1.37. The number of hydrogen-bond donors (Lipinski definition) is 3. The van der Waals surface area contributed by atoms with Crippen LogP contribution in [0.4, 0.5) is 0 Å². The summed E-state index contributed by atoms with van der Waals surface area (Å²) in [5.74, 6) is -2.76. The predicted molar refractivity (Wildman–Crippen MR) is 73.9 cm³/mol. The Bertz CT molecular complexity index is 540. The molecular weight excluding hydrogens is 284 g/mol. The molecule has 6 nitrogen and oxygen atoms in total. The van der Waals surface area contributed by atoms with Crippen molar-refractivity contribution in [1.29, 1.82) is 0 Å². The van der Waals surface area contributed by atoms with Gasteiger partial charge in [-0.25, -0.2) is 4.79 Å². The van der Waals surface area contributed by atoms with Crippen LogP contribution in [-0.2, 0) is 14.4 Å². The molecule has 0 aliphatic rings. The number of carbonyl (C=O) groups excluding carboxylic acids is 2. The molecule has 0 aliphatic carbocycles. The van der Waals surface area contributed by atoms with Gasteiger partial charge in [-0.15, -0.1) is 0 Å². The van der Waals surface area contributed by atoms with Crippen molar-refractivity contribution in [2.24, 2.45) is 5.73 Å². The number of carboxylic acid groups (broad SMARTS) is 1. The monoisotopic (exact) mass is 296 g/mol. The van der Waals surface area contributed by atoms with E-state index in [0.29, 0.717) is 5.02 Å². The fourth-order valence-corrected chi connectivity index (χ4v) is 1.49. The number of aliphatic carboxylic acids is 1.